The molecule has 19 heavy (non-hydrogen) atoms. The zero-order chi connectivity index (χ0) is 13.1. The van der Waals surface area contributed by atoms with E-state index >= 15 is 0 Å². The molecule has 0 saturated heterocycles. The van der Waals surface area contributed by atoms with Gasteiger partial charge in [-0.3, -0.25) is 10.4 Å². The highest BCUT2D eigenvalue weighted by Crippen LogP contribution is 2.39. The number of nitrogens with one attached hydrogen (secondary N) is 3. The Bertz CT molecular complexity index is 560. The van der Waals surface area contributed by atoms with E-state index in [-0.39, 0.29) is 6.03 Å². The van der Waals surface area contributed by atoms with Crippen LogP contribution in [-0.4, -0.2) is 16.2 Å². The number of carbonyl (C=O) groups is 1. The summed E-state index contributed by atoms with van der Waals surface area (Å²) < 4.78 is 0. The van der Waals surface area contributed by atoms with Crippen LogP contribution in [0.5, 0.6) is 0 Å². The van der Waals surface area contributed by atoms with Crippen LogP contribution in [0.25, 0.3) is 0 Å². The molecule has 5 heteroatoms. The van der Waals surface area contributed by atoms with Crippen molar-refractivity contribution in [3.05, 3.63) is 47.7 Å². The number of H-pyrrole nitrogens is 1. The fourth-order valence-electron chi connectivity index (χ4n) is 1.94. The van der Waals surface area contributed by atoms with Crippen LogP contribution in [0.4, 0.5) is 10.6 Å². The van der Waals surface area contributed by atoms with Crippen LogP contribution < -0.4 is 10.6 Å². The molecule has 0 atom stereocenters. The number of hydrogen-bond donors (Lipinski definition) is 3. The first-order valence-corrected chi connectivity index (χ1v) is 6.45. The molecule has 1 heterocycles. The molecule has 0 radical (unpaired) electrons. The van der Waals surface area contributed by atoms with Crippen molar-refractivity contribution in [3.63, 3.8) is 0 Å². The third-order valence-corrected chi connectivity index (χ3v) is 3.15. The summed E-state index contributed by atoms with van der Waals surface area (Å²) in [4.78, 5) is 11.7. The van der Waals surface area contributed by atoms with E-state index in [4.69, 9.17) is 0 Å². The Morgan fingerprint density at radius 2 is 2.11 bits per heavy atom. The molecule has 1 aromatic carbocycles. The number of hydrogen-bond acceptors (Lipinski definition) is 2. The SMILES string of the molecule is O=C(NCc1ccccc1)Nc1cc(C2CC2)[nH]n1. The normalized spacial score (nSPS) is 14.1. The summed E-state index contributed by atoms with van der Waals surface area (Å²) in [7, 11) is 0. The third kappa shape index (κ3) is 3.13. The fourth-order valence-corrected chi connectivity index (χ4v) is 1.94. The van der Waals surface area contributed by atoms with Gasteiger partial charge in [0.15, 0.2) is 5.82 Å². The smallest absolute Gasteiger partial charge is 0.320 e. The van der Waals surface area contributed by atoms with Crippen LogP contribution in [0, 0.1) is 0 Å². The molecule has 3 N–H and O–H groups in total. The number of benzene rings is 1. The maximum absolute atomic E-state index is 11.7. The number of rotatable bonds is 4. The summed E-state index contributed by atoms with van der Waals surface area (Å²) >= 11 is 0. The average Bonchev–Trinajstić information content (AvgIpc) is 3.19. The van der Waals surface area contributed by atoms with Crippen LogP contribution in [0.1, 0.15) is 30.0 Å². The number of urea groups is 1. The number of nitrogens with zero attached hydrogens (tertiary/aromatic N) is 1. The van der Waals surface area contributed by atoms with E-state index < -0.39 is 0 Å². The Morgan fingerprint density at radius 3 is 2.84 bits per heavy atom. The van der Waals surface area contributed by atoms with Crippen molar-refractivity contribution in [3.8, 4) is 0 Å². The maximum Gasteiger partial charge on any atom is 0.320 e. The lowest BCUT2D eigenvalue weighted by Crippen LogP contribution is -2.28. The molecule has 0 bridgehead atoms. The molecule has 1 aliphatic carbocycles. The minimum atomic E-state index is -0.238. The first kappa shape index (κ1) is 11.8. The predicted octanol–water partition coefficient (Wildman–Crippen LogP) is 2.61. The van der Waals surface area contributed by atoms with Gasteiger partial charge in [-0.05, 0) is 18.4 Å². The summed E-state index contributed by atoms with van der Waals surface area (Å²) in [5.74, 6) is 1.18. The second-order valence-electron chi connectivity index (χ2n) is 4.78. The van der Waals surface area contributed by atoms with Crippen LogP contribution >= 0.6 is 0 Å². The van der Waals surface area contributed by atoms with Gasteiger partial charge in [-0.1, -0.05) is 30.3 Å². The Hall–Kier alpha value is -2.30. The molecule has 1 fully saturated rings. The number of aromatic amines is 1. The van der Waals surface area contributed by atoms with Gasteiger partial charge in [0, 0.05) is 24.2 Å². The Balaban J connectivity index is 1.50. The molecule has 2 aromatic rings. The summed E-state index contributed by atoms with van der Waals surface area (Å²) in [5, 5.41) is 12.6. The first-order chi connectivity index (χ1) is 9.31. The lowest BCUT2D eigenvalue weighted by atomic mass is 10.2. The van der Waals surface area contributed by atoms with Crippen molar-refractivity contribution in [2.75, 3.05) is 5.32 Å². The summed E-state index contributed by atoms with van der Waals surface area (Å²) in [6.07, 6.45) is 2.42. The van der Waals surface area contributed by atoms with Gasteiger partial charge in [0.25, 0.3) is 0 Å². The summed E-state index contributed by atoms with van der Waals surface area (Å²) in [6.45, 7) is 0.507. The monoisotopic (exact) mass is 256 g/mol. The minimum Gasteiger partial charge on any atom is -0.334 e. The van der Waals surface area contributed by atoms with Crippen molar-refractivity contribution < 1.29 is 4.79 Å². The van der Waals surface area contributed by atoms with Crippen LogP contribution in [0.3, 0.4) is 0 Å². The molecule has 0 aliphatic heterocycles. The molecule has 3 rings (SSSR count). The van der Waals surface area contributed by atoms with Crippen molar-refractivity contribution in [1.82, 2.24) is 15.5 Å². The molecular formula is C14H16N4O. The maximum atomic E-state index is 11.7. The quantitative estimate of drug-likeness (QED) is 0.787. The molecular weight excluding hydrogens is 240 g/mol. The molecule has 0 unspecified atom stereocenters. The first-order valence-electron chi connectivity index (χ1n) is 6.45. The minimum absolute atomic E-state index is 0.238. The van der Waals surface area contributed by atoms with E-state index in [0.29, 0.717) is 18.3 Å². The van der Waals surface area contributed by atoms with Gasteiger partial charge in [0.1, 0.15) is 0 Å². The molecule has 1 aromatic heterocycles. The van der Waals surface area contributed by atoms with E-state index in [2.05, 4.69) is 20.8 Å². The lowest BCUT2D eigenvalue weighted by Gasteiger charge is -2.05. The number of aromatic nitrogens is 2. The summed E-state index contributed by atoms with van der Waals surface area (Å²) in [6, 6.07) is 11.5. The molecule has 5 nitrogen and oxygen atoms in total. The molecule has 98 valence electrons. The topological polar surface area (TPSA) is 69.8 Å². The van der Waals surface area contributed by atoms with E-state index in [1.165, 1.54) is 12.8 Å². The second kappa shape index (κ2) is 5.14. The lowest BCUT2D eigenvalue weighted by molar-refractivity contribution is 0.251. The Morgan fingerprint density at radius 1 is 1.32 bits per heavy atom. The van der Waals surface area contributed by atoms with Crippen LogP contribution in [0.2, 0.25) is 0 Å². The van der Waals surface area contributed by atoms with Crippen molar-refractivity contribution in [1.29, 1.82) is 0 Å². The molecule has 1 saturated carbocycles. The zero-order valence-electron chi connectivity index (χ0n) is 10.5. The van der Waals surface area contributed by atoms with Gasteiger partial charge in [-0.25, -0.2) is 4.79 Å². The highest BCUT2D eigenvalue weighted by atomic mass is 16.2. The van der Waals surface area contributed by atoms with E-state index in [1.54, 1.807) is 0 Å². The van der Waals surface area contributed by atoms with Crippen LogP contribution in [0.15, 0.2) is 36.4 Å². The predicted molar refractivity (Wildman–Crippen MR) is 72.9 cm³/mol. The second-order valence-corrected chi connectivity index (χ2v) is 4.78. The van der Waals surface area contributed by atoms with Gasteiger partial charge < -0.3 is 5.32 Å². The van der Waals surface area contributed by atoms with E-state index in [9.17, 15) is 4.79 Å². The van der Waals surface area contributed by atoms with Crippen molar-refractivity contribution >= 4 is 11.8 Å². The number of amides is 2. The molecule has 1 aliphatic rings. The Labute approximate surface area is 111 Å². The van der Waals surface area contributed by atoms with Gasteiger partial charge >= 0.3 is 6.03 Å². The van der Waals surface area contributed by atoms with Crippen molar-refractivity contribution in [2.45, 2.75) is 25.3 Å². The van der Waals surface area contributed by atoms with E-state index in [0.717, 1.165) is 11.3 Å². The highest BCUT2D eigenvalue weighted by molar-refractivity contribution is 5.88. The molecule has 0 spiro atoms. The van der Waals surface area contributed by atoms with Gasteiger partial charge in [0.2, 0.25) is 0 Å². The molecule has 2 amide bonds. The zero-order valence-corrected chi connectivity index (χ0v) is 10.5. The van der Waals surface area contributed by atoms with Gasteiger partial charge in [-0.15, -0.1) is 0 Å². The van der Waals surface area contributed by atoms with E-state index in [1.807, 2.05) is 36.4 Å². The Kier molecular flexibility index (Phi) is 3.18. The van der Waals surface area contributed by atoms with Crippen LogP contribution in [-0.2, 0) is 6.54 Å². The number of carbonyl (C=O) groups excluding carboxylic acids is 1. The third-order valence-electron chi connectivity index (χ3n) is 3.15. The average molecular weight is 256 g/mol. The van der Waals surface area contributed by atoms with Gasteiger partial charge in [0.05, 0.1) is 0 Å². The summed E-state index contributed by atoms with van der Waals surface area (Å²) in [5.41, 5.74) is 2.18. The fraction of sp³-hybridized carbons (Fsp3) is 0.286. The van der Waals surface area contributed by atoms with Gasteiger partial charge in [-0.2, -0.15) is 5.10 Å². The highest BCUT2D eigenvalue weighted by Gasteiger charge is 2.25. The largest absolute Gasteiger partial charge is 0.334 e. The standard InChI is InChI=1S/C14H16N4O/c19-14(15-9-10-4-2-1-3-5-10)16-13-8-12(17-18-13)11-6-7-11/h1-5,8,11H,6-7,9H2,(H3,15,16,17,18,19). The number of anilines is 1. The van der Waals surface area contributed by atoms with Crippen molar-refractivity contribution in [2.24, 2.45) is 0 Å².